The van der Waals surface area contributed by atoms with Gasteiger partial charge in [0.1, 0.15) is 5.82 Å². The van der Waals surface area contributed by atoms with Crippen molar-refractivity contribution in [1.82, 2.24) is 19.8 Å². The molecule has 1 aliphatic rings. The lowest BCUT2D eigenvalue weighted by Gasteiger charge is -2.27. The molecule has 0 atom stereocenters. The third-order valence-corrected chi connectivity index (χ3v) is 4.68. The van der Waals surface area contributed by atoms with E-state index in [-0.39, 0.29) is 5.91 Å². The summed E-state index contributed by atoms with van der Waals surface area (Å²) >= 11 is 0. The van der Waals surface area contributed by atoms with Crippen LogP contribution in [0.25, 0.3) is 16.7 Å². The minimum atomic E-state index is 0.216. The predicted molar refractivity (Wildman–Crippen MR) is 98.8 cm³/mol. The van der Waals surface area contributed by atoms with Gasteiger partial charge in [0.2, 0.25) is 5.91 Å². The Hall–Kier alpha value is -2.66. The number of imidazole rings is 1. The molecular formula is C20H22N4O. The lowest BCUT2D eigenvalue weighted by molar-refractivity contribution is -0.131. The van der Waals surface area contributed by atoms with Crippen LogP contribution in [-0.2, 0) is 11.2 Å². The second kappa shape index (κ2) is 7.07. The van der Waals surface area contributed by atoms with Crippen molar-refractivity contribution in [2.75, 3.05) is 26.2 Å². The van der Waals surface area contributed by atoms with Gasteiger partial charge in [-0.05, 0) is 24.3 Å². The van der Waals surface area contributed by atoms with E-state index in [4.69, 9.17) is 4.98 Å². The third-order valence-electron chi connectivity index (χ3n) is 4.68. The van der Waals surface area contributed by atoms with Crippen molar-refractivity contribution in [3.63, 3.8) is 0 Å². The number of nitrogens with one attached hydrogen (secondary N) is 1. The van der Waals surface area contributed by atoms with Gasteiger partial charge >= 0.3 is 0 Å². The average molecular weight is 334 g/mol. The highest BCUT2D eigenvalue weighted by molar-refractivity contribution is 5.79. The molecule has 25 heavy (non-hydrogen) atoms. The van der Waals surface area contributed by atoms with Gasteiger partial charge in [0.15, 0.2) is 0 Å². The molecule has 5 nitrogen and oxygen atoms in total. The highest BCUT2D eigenvalue weighted by Crippen LogP contribution is 2.22. The zero-order valence-corrected chi connectivity index (χ0v) is 14.2. The summed E-state index contributed by atoms with van der Waals surface area (Å²) in [5.41, 5.74) is 3.13. The number of hydrogen-bond acceptors (Lipinski definition) is 3. The number of benzene rings is 2. The minimum Gasteiger partial charge on any atom is -0.340 e. The van der Waals surface area contributed by atoms with Crippen LogP contribution in [0.1, 0.15) is 12.2 Å². The molecule has 0 aliphatic carbocycles. The van der Waals surface area contributed by atoms with Gasteiger partial charge in [0.25, 0.3) is 0 Å². The highest BCUT2D eigenvalue weighted by Gasteiger charge is 2.18. The van der Waals surface area contributed by atoms with Crippen LogP contribution >= 0.6 is 0 Å². The van der Waals surface area contributed by atoms with Crippen LogP contribution in [0, 0.1) is 0 Å². The second-order valence-corrected chi connectivity index (χ2v) is 6.32. The van der Waals surface area contributed by atoms with Gasteiger partial charge in [-0.1, -0.05) is 30.3 Å². The zero-order valence-electron chi connectivity index (χ0n) is 14.2. The van der Waals surface area contributed by atoms with E-state index in [2.05, 4.69) is 28.1 Å². The molecule has 5 heteroatoms. The monoisotopic (exact) mass is 334 g/mol. The molecule has 1 aliphatic heterocycles. The molecule has 128 valence electrons. The molecule has 0 spiro atoms. The van der Waals surface area contributed by atoms with Gasteiger partial charge in [0, 0.05) is 44.7 Å². The third kappa shape index (κ3) is 3.28. The first-order valence-electron chi connectivity index (χ1n) is 8.83. The molecule has 0 bridgehead atoms. The maximum Gasteiger partial charge on any atom is 0.223 e. The summed E-state index contributed by atoms with van der Waals surface area (Å²) in [6.45, 7) is 3.37. The molecule has 3 aromatic rings. The molecule has 2 heterocycles. The topological polar surface area (TPSA) is 50.2 Å². The number of amides is 1. The molecular weight excluding hydrogens is 312 g/mol. The van der Waals surface area contributed by atoms with Crippen molar-refractivity contribution in [2.45, 2.75) is 12.8 Å². The fourth-order valence-electron chi connectivity index (χ4n) is 3.40. The van der Waals surface area contributed by atoms with Crippen LogP contribution in [0.3, 0.4) is 0 Å². The Morgan fingerprint density at radius 1 is 1.00 bits per heavy atom. The first-order chi connectivity index (χ1) is 12.3. The number of hydrogen-bond donors (Lipinski definition) is 1. The van der Waals surface area contributed by atoms with Gasteiger partial charge in [-0.3, -0.25) is 9.36 Å². The molecule has 0 saturated carbocycles. The number of carbonyl (C=O) groups is 1. The fourth-order valence-corrected chi connectivity index (χ4v) is 3.40. The summed E-state index contributed by atoms with van der Waals surface area (Å²) < 4.78 is 2.17. The lowest BCUT2D eigenvalue weighted by Crippen LogP contribution is -2.46. The highest BCUT2D eigenvalue weighted by atomic mass is 16.2. The standard InChI is InChI=1S/C20H22N4O/c25-20(23-14-12-21-13-15-23)11-10-19-22-17-8-4-5-9-18(17)24(19)16-6-2-1-3-7-16/h1-9,21H,10-15H2. The lowest BCUT2D eigenvalue weighted by atomic mass is 10.2. The molecule has 4 rings (SSSR count). The van der Waals surface area contributed by atoms with Crippen LogP contribution in [0.4, 0.5) is 0 Å². The number of aromatic nitrogens is 2. The summed E-state index contributed by atoms with van der Waals surface area (Å²) in [5, 5.41) is 3.28. The quantitative estimate of drug-likeness (QED) is 0.797. The Labute approximate surface area is 147 Å². The van der Waals surface area contributed by atoms with E-state index in [1.165, 1.54) is 0 Å². The van der Waals surface area contributed by atoms with Crippen LogP contribution < -0.4 is 5.32 Å². The summed E-state index contributed by atoms with van der Waals surface area (Å²) in [6.07, 6.45) is 1.14. The Morgan fingerprint density at radius 2 is 1.72 bits per heavy atom. The van der Waals surface area contributed by atoms with E-state index in [0.717, 1.165) is 48.7 Å². The molecule has 1 aromatic heterocycles. The van der Waals surface area contributed by atoms with E-state index in [9.17, 15) is 4.79 Å². The van der Waals surface area contributed by atoms with Crippen molar-refractivity contribution >= 4 is 16.9 Å². The van der Waals surface area contributed by atoms with Crippen LogP contribution in [0.2, 0.25) is 0 Å². The van der Waals surface area contributed by atoms with Crippen molar-refractivity contribution in [3.05, 3.63) is 60.4 Å². The van der Waals surface area contributed by atoms with Crippen LogP contribution in [-0.4, -0.2) is 46.5 Å². The first-order valence-corrected chi connectivity index (χ1v) is 8.83. The number of carbonyl (C=O) groups excluding carboxylic acids is 1. The number of fused-ring (bicyclic) bond motifs is 1. The van der Waals surface area contributed by atoms with Crippen molar-refractivity contribution in [2.24, 2.45) is 0 Å². The van der Waals surface area contributed by atoms with E-state index >= 15 is 0 Å². The largest absolute Gasteiger partial charge is 0.340 e. The normalized spacial score (nSPS) is 14.8. The summed E-state index contributed by atoms with van der Waals surface area (Å²) in [6, 6.07) is 18.4. The van der Waals surface area contributed by atoms with Gasteiger partial charge in [-0.25, -0.2) is 4.98 Å². The molecule has 2 aromatic carbocycles. The predicted octanol–water partition coefficient (Wildman–Crippen LogP) is 2.39. The van der Waals surface area contributed by atoms with Gasteiger partial charge in [-0.2, -0.15) is 0 Å². The first kappa shape index (κ1) is 15.8. The smallest absolute Gasteiger partial charge is 0.223 e. The molecule has 0 radical (unpaired) electrons. The number of rotatable bonds is 4. The Morgan fingerprint density at radius 3 is 2.52 bits per heavy atom. The van der Waals surface area contributed by atoms with Crippen LogP contribution in [0.5, 0.6) is 0 Å². The van der Waals surface area contributed by atoms with Gasteiger partial charge < -0.3 is 10.2 Å². The van der Waals surface area contributed by atoms with Gasteiger partial charge in [0.05, 0.1) is 11.0 Å². The van der Waals surface area contributed by atoms with E-state index in [1.54, 1.807) is 0 Å². The summed E-state index contributed by atoms with van der Waals surface area (Å²) in [7, 11) is 0. The fraction of sp³-hybridized carbons (Fsp3) is 0.300. The number of piperazine rings is 1. The van der Waals surface area contributed by atoms with Gasteiger partial charge in [-0.15, -0.1) is 0 Å². The summed E-state index contributed by atoms with van der Waals surface area (Å²) in [5.74, 6) is 1.16. The Bertz CT molecular complexity index is 866. The molecule has 1 amide bonds. The molecule has 1 N–H and O–H groups in total. The van der Waals surface area contributed by atoms with Crippen LogP contribution in [0.15, 0.2) is 54.6 Å². The van der Waals surface area contributed by atoms with E-state index < -0.39 is 0 Å². The molecule has 1 fully saturated rings. The SMILES string of the molecule is O=C(CCc1nc2ccccc2n1-c1ccccc1)N1CCNCC1. The zero-order chi connectivity index (χ0) is 17.1. The second-order valence-electron chi connectivity index (χ2n) is 6.32. The van der Waals surface area contributed by atoms with E-state index in [1.807, 2.05) is 41.3 Å². The Balaban J connectivity index is 1.61. The Kier molecular flexibility index (Phi) is 4.48. The van der Waals surface area contributed by atoms with Crippen molar-refractivity contribution in [3.8, 4) is 5.69 Å². The average Bonchev–Trinajstić information content (AvgIpc) is 3.06. The number of para-hydroxylation sites is 3. The van der Waals surface area contributed by atoms with E-state index in [0.29, 0.717) is 12.8 Å². The molecule has 1 saturated heterocycles. The maximum absolute atomic E-state index is 12.5. The van der Waals surface area contributed by atoms with Crippen molar-refractivity contribution in [1.29, 1.82) is 0 Å². The van der Waals surface area contributed by atoms with Crippen molar-refractivity contribution < 1.29 is 4.79 Å². The minimum absolute atomic E-state index is 0.216. The number of nitrogens with zero attached hydrogens (tertiary/aromatic N) is 3. The summed E-state index contributed by atoms with van der Waals surface area (Å²) in [4.78, 5) is 19.2. The molecule has 0 unspecified atom stereocenters. The number of aryl methyl sites for hydroxylation is 1. The maximum atomic E-state index is 12.5.